The lowest BCUT2D eigenvalue weighted by molar-refractivity contribution is -0.247. The molecule has 0 amide bonds. The van der Waals surface area contributed by atoms with E-state index in [1.54, 1.807) is 13.8 Å². The third-order valence-corrected chi connectivity index (χ3v) is 1.97. The summed E-state index contributed by atoms with van der Waals surface area (Å²) in [5.41, 5.74) is 0.508. The predicted octanol–water partition coefficient (Wildman–Crippen LogP) is 0.436. The lowest BCUT2D eigenvalue weighted by atomic mass is 10.1. The number of carbonyl (C=O) groups is 2. The zero-order valence-electron chi connectivity index (χ0n) is 8.98. The Bertz CT molecular complexity index is 292. The third-order valence-electron chi connectivity index (χ3n) is 1.97. The molecular weight excluding hydrogens is 200 g/mol. The van der Waals surface area contributed by atoms with Crippen LogP contribution in [0.1, 0.15) is 13.8 Å². The maximum Gasteiger partial charge on any atom is 0.228 e. The van der Waals surface area contributed by atoms with E-state index < -0.39 is 17.7 Å². The van der Waals surface area contributed by atoms with Gasteiger partial charge in [-0.05, 0) is 13.8 Å². The molecule has 1 heterocycles. The van der Waals surface area contributed by atoms with Gasteiger partial charge in [0.1, 0.15) is 0 Å². The van der Waals surface area contributed by atoms with Crippen molar-refractivity contribution < 1.29 is 23.8 Å². The van der Waals surface area contributed by atoms with E-state index in [0.29, 0.717) is 5.57 Å². The molecule has 1 unspecified atom stereocenters. The summed E-state index contributed by atoms with van der Waals surface area (Å²) >= 11 is 0. The van der Waals surface area contributed by atoms with Crippen LogP contribution >= 0.6 is 0 Å². The summed E-state index contributed by atoms with van der Waals surface area (Å²) in [6, 6.07) is 0. The quantitative estimate of drug-likeness (QED) is 0.387. The summed E-state index contributed by atoms with van der Waals surface area (Å²) in [5.74, 6) is -1.50. The van der Waals surface area contributed by atoms with Gasteiger partial charge in [0, 0.05) is 5.57 Å². The number of ether oxygens (including phenoxy) is 3. The fraction of sp³-hybridized carbons (Fsp3) is 0.600. The molecule has 1 atom stereocenters. The molecule has 0 spiro atoms. The highest BCUT2D eigenvalue weighted by Crippen LogP contribution is 2.25. The number of rotatable bonds is 3. The van der Waals surface area contributed by atoms with Gasteiger partial charge in [0.2, 0.25) is 5.78 Å². The number of hydrogen-bond acceptors (Lipinski definition) is 5. The zero-order chi connectivity index (χ0) is 11.5. The van der Waals surface area contributed by atoms with Crippen molar-refractivity contribution >= 4 is 12.1 Å². The first-order valence-electron chi connectivity index (χ1n) is 4.52. The molecule has 15 heavy (non-hydrogen) atoms. The van der Waals surface area contributed by atoms with Gasteiger partial charge >= 0.3 is 0 Å². The standard InChI is InChI=1S/C10H14O5/c1-10(2)14-6-7(5-13-3)9(15-10)8(12)4-11/h4-5,9H,6H2,1-3H3. The number of hydrogen-bond donors (Lipinski definition) is 0. The van der Waals surface area contributed by atoms with Crippen molar-refractivity contribution in [3.63, 3.8) is 0 Å². The molecule has 0 bridgehead atoms. The summed E-state index contributed by atoms with van der Waals surface area (Å²) in [5, 5.41) is 0. The Balaban J connectivity index is 2.87. The smallest absolute Gasteiger partial charge is 0.228 e. The van der Waals surface area contributed by atoms with Crippen LogP contribution in [0.4, 0.5) is 0 Å². The van der Waals surface area contributed by atoms with Crippen LogP contribution in [0, 0.1) is 0 Å². The first-order chi connectivity index (χ1) is 7.00. The SMILES string of the molecule is COC=C1COC(C)(C)OC1C(=O)C=O. The van der Waals surface area contributed by atoms with Crippen molar-refractivity contribution in [2.75, 3.05) is 13.7 Å². The predicted molar refractivity (Wildman–Crippen MR) is 51.1 cm³/mol. The first-order valence-corrected chi connectivity index (χ1v) is 4.52. The van der Waals surface area contributed by atoms with Crippen LogP contribution in [0.2, 0.25) is 0 Å². The molecule has 0 aromatic rings. The summed E-state index contributed by atoms with van der Waals surface area (Å²) in [4.78, 5) is 21.7. The van der Waals surface area contributed by atoms with Crippen LogP contribution < -0.4 is 0 Å². The van der Waals surface area contributed by atoms with Crippen molar-refractivity contribution in [2.24, 2.45) is 0 Å². The minimum Gasteiger partial charge on any atom is -0.504 e. The lowest BCUT2D eigenvalue weighted by Gasteiger charge is -2.35. The van der Waals surface area contributed by atoms with E-state index in [2.05, 4.69) is 0 Å². The van der Waals surface area contributed by atoms with Crippen LogP contribution in [0.5, 0.6) is 0 Å². The third kappa shape index (κ3) is 2.87. The van der Waals surface area contributed by atoms with Crippen molar-refractivity contribution in [2.45, 2.75) is 25.7 Å². The van der Waals surface area contributed by atoms with Crippen LogP contribution in [-0.4, -0.2) is 37.7 Å². The minimum atomic E-state index is -0.897. The number of aldehydes is 1. The largest absolute Gasteiger partial charge is 0.504 e. The number of carbonyl (C=O) groups excluding carboxylic acids is 2. The average molecular weight is 214 g/mol. The number of methoxy groups -OCH3 is 1. The first kappa shape index (κ1) is 11.9. The summed E-state index contributed by atoms with van der Waals surface area (Å²) in [6.07, 6.45) is 0.711. The van der Waals surface area contributed by atoms with Gasteiger partial charge in [-0.3, -0.25) is 9.59 Å². The zero-order valence-corrected chi connectivity index (χ0v) is 8.98. The van der Waals surface area contributed by atoms with Gasteiger partial charge in [-0.15, -0.1) is 0 Å². The highest BCUT2D eigenvalue weighted by Gasteiger charge is 2.36. The van der Waals surface area contributed by atoms with E-state index in [1.807, 2.05) is 0 Å². The fourth-order valence-corrected chi connectivity index (χ4v) is 1.28. The molecule has 1 aliphatic heterocycles. The van der Waals surface area contributed by atoms with E-state index in [-0.39, 0.29) is 12.9 Å². The van der Waals surface area contributed by atoms with E-state index in [9.17, 15) is 9.59 Å². The molecule has 0 saturated carbocycles. The molecule has 0 aromatic heterocycles. The van der Waals surface area contributed by atoms with Crippen molar-refractivity contribution in [3.8, 4) is 0 Å². The Kier molecular flexibility index (Phi) is 3.60. The van der Waals surface area contributed by atoms with Crippen LogP contribution in [0.3, 0.4) is 0 Å². The van der Waals surface area contributed by atoms with Crippen LogP contribution in [-0.2, 0) is 23.8 Å². The second-order valence-corrected chi connectivity index (χ2v) is 3.64. The topological polar surface area (TPSA) is 61.8 Å². The average Bonchev–Trinajstić information content (AvgIpc) is 2.19. The molecule has 1 saturated heterocycles. The van der Waals surface area contributed by atoms with E-state index in [0.717, 1.165) is 0 Å². The highest BCUT2D eigenvalue weighted by molar-refractivity contribution is 6.28. The van der Waals surface area contributed by atoms with Gasteiger partial charge in [-0.25, -0.2) is 0 Å². The molecule has 0 N–H and O–H groups in total. The molecule has 0 radical (unpaired) electrons. The second kappa shape index (κ2) is 4.55. The van der Waals surface area contributed by atoms with Gasteiger partial charge < -0.3 is 14.2 Å². The molecule has 0 aromatic carbocycles. The van der Waals surface area contributed by atoms with Gasteiger partial charge in [-0.2, -0.15) is 0 Å². The maximum absolute atomic E-state index is 11.3. The summed E-state index contributed by atoms with van der Waals surface area (Å²) in [7, 11) is 1.45. The monoisotopic (exact) mass is 214 g/mol. The minimum absolute atomic E-state index is 0.213. The molecular formula is C10H14O5. The van der Waals surface area contributed by atoms with Gasteiger partial charge in [0.15, 0.2) is 18.2 Å². The Morgan fingerprint density at radius 2 is 2.27 bits per heavy atom. The van der Waals surface area contributed by atoms with Crippen LogP contribution in [0.15, 0.2) is 11.8 Å². The normalized spacial score (nSPS) is 27.4. The Morgan fingerprint density at radius 1 is 1.60 bits per heavy atom. The lowest BCUT2D eigenvalue weighted by Crippen LogP contribution is -2.45. The van der Waals surface area contributed by atoms with E-state index in [1.165, 1.54) is 13.4 Å². The molecule has 5 nitrogen and oxygen atoms in total. The molecule has 0 aliphatic carbocycles. The molecule has 84 valence electrons. The molecule has 1 rings (SSSR count). The van der Waals surface area contributed by atoms with Crippen molar-refractivity contribution in [1.82, 2.24) is 0 Å². The molecule has 1 fully saturated rings. The highest BCUT2D eigenvalue weighted by atomic mass is 16.7. The van der Waals surface area contributed by atoms with Crippen LogP contribution in [0.25, 0.3) is 0 Å². The van der Waals surface area contributed by atoms with E-state index in [4.69, 9.17) is 14.2 Å². The number of Topliss-reactive ketones (excluding diaryl/α,β-unsaturated/α-hetero) is 1. The molecule has 1 aliphatic rings. The summed E-state index contributed by atoms with van der Waals surface area (Å²) in [6.45, 7) is 3.58. The maximum atomic E-state index is 11.3. The van der Waals surface area contributed by atoms with Crippen molar-refractivity contribution in [3.05, 3.63) is 11.8 Å². The Morgan fingerprint density at radius 3 is 2.80 bits per heavy atom. The van der Waals surface area contributed by atoms with Gasteiger partial charge in [0.25, 0.3) is 0 Å². The van der Waals surface area contributed by atoms with Crippen molar-refractivity contribution in [1.29, 1.82) is 0 Å². The van der Waals surface area contributed by atoms with E-state index >= 15 is 0 Å². The number of ketones is 1. The van der Waals surface area contributed by atoms with Gasteiger partial charge in [-0.1, -0.05) is 0 Å². The second-order valence-electron chi connectivity index (χ2n) is 3.64. The Hall–Kier alpha value is -1.20. The fourth-order valence-electron chi connectivity index (χ4n) is 1.28. The molecule has 5 heteroatoms. The summed E-state index contributed by atoms with van der Waals surface area (Å²) < 4.78 is 15.4. The Labute approximate surface area is 88.0 Å². The van der Waals surface area contributed by atoms with Gasteiger partial charge in [0.05, 0.1) is 20.0 Å².